The highest BCUT2D eigenvalue weighted by Crippen LogP contribution is 2.18. The van der Waals surface area contributed by atoms with Gasteiger partial charge in [-0.3, -0.25) is 0 Å². The van der Waals surface area contributed by atoms with Crippen molar-refractivity contribution in [1.29, 1.82) is 0 Å². The zero-order valence-electron chi connectivity index (χ0n) is 7.48. The molecule has 0 fully saturated rings. The van der Waals surface area contributed by atoms with Crippen LogP contribution in [-0.2, 0) is 0 Å². The Kier molecular flexibility index (Phi) is 3.49. The van der Waals surface area contributed by atoms with Crippen LogP contribution >= 0.6 is 11.6 Å². The Bertz CT molecular complexity index is 318. The summed E-state index contributed by atoms with van der Waals surface area (Å²) in [6.45, 7) is 5.72. The Morgan fingerprint density at radius 3 is 2.85 bits per heavy atom. The van der Waals surface area contributed by atoms with Crippen LogP contribution in [0.5, 0.6) is 0 Å². The molecular weight excluding hydrogens is 187 g/mol. The van der Waals surface area contributed by atoms with Gasteiger partial charge in [-0.15, -0.1) is 6.58 Å². The zero-order chi connectivity index (χ0) is 9.84. The molecule has 0 aliphatic carbocycles. The quantitative estimate of drug-likeness (QED) is 0.643. The molecule has 13 heavy (non-hydrogen) atoms. The van der Waals surface area contributed by atoms with Gasteiger partial charge in [-0.1, -0.05) is 23.2 Å². The summed E-state index contributed by atoms with van der Waals surface area (Å²) < 4.78 is 12.7. The van der Waals surface area contributed by atoms with E-state index < -0.39 is 0 Å². The molecule has 0 unspecified atom stereocenters. The summed E-state index contributed by atoms with van der Waals surface area (Å²) in [6, 6.07) is 4.68. The van der Waals surface area contributed by atoms with Crippen LogP contribution in [0.15, 0.2) is 30.4 Å². The number of halogens is 2. The van der Waals surface area contributed by atoms with Gasteiger partial charge in [-0.05, 0) is 37.5 Å². The number of hydrogen-bond donors (Lipinski definition) is 0. The largest absolute Gasteiger partial charge is 0.205 e. The lowest BCUT2D eigenvalue weighted by Crippen LogP contribution is -1.85. The molecule has 0 saturated carbocycles. The van der Waals surface area contributed by atoms with Gasteiger partial charge in [0, 0.05) is 0 Å². The van der Waals surface area contributed by atoms with Crippen molar-refractivity contribution in [3.8, 4) is 0 Å². The van der Waals surface area contributed by atoms with Gasteiger partial charge >= 0.3 is 0 Å². The Labute approximate surface area is 83.0 Å². The maximum absolute atomic E-state index is 12.7. The van der Waals surface area contributed by atoms with E-state index in [-0.39, 0.29) is 10.8 Å². The number of hydrogen-bond acceptors (Lipinski definition) is 0. The van der Waals surface area contributed by atoms with Crippen LogP contribution in [0.3, 0.4) is 0 Å². The van der Waals surface area contributed by atoms with Gasteiger partial charge in [0.15, 0.2) is 0 Å². The first-order valence-electron chi connectivity index (χ1n) is 4.02. The molecule has 0 heterocycles. The van der Waals surface area contributed by atoms with Crippen molar-refractivity contribution in [1.82, 2.24) is 0 Å². The van der Waals surface area contributed by atoms with E-state index in [0.717, 1.165) is 17.6 Å². The molecule has 69 valence electrons. The molecule has 1 rings (SSSR count). The third-order valence-corrected chi connectivity index (χ3v) is 1.92. The highest BCUT2D eigenvalue weighted by Gasteiger charge is 2.00. The average Bonchev–Trinajstić information content (AvgIpc) is 2.07. The Morgan fingerprint density at radius 2 is 2.31 bits per heavy atom. The Morgan fingerprint density at radius 1 is 1.62 bits per heavy atom. The normalized spacial score (nSPS) is 10.1. The fourth-order valence-electron chi connectivity index (χ4n) is 0.931. The molecule has 1 aromatic rings. The summed E-state index contributed by atoms with van der Waals surface area (Å²) in [7, 11) is 0. The van der Waals surface area contributed by atoms with Crippen molar-refractivity contribution in [2.75, 3.05) is 0 Å². The molecule has 0 aromatic heterocycles. The second kappa shape index (κ2) is 4.43. The summed E-state index contributed by atoms with van der Waals surface area (Å²) in [5, 5.41) is 0.162. The molecule has 0 aliphatic heterocycles. The molecule has 0 bridgehead atoms. The second-order valence-corrected chi connectivity index (χ2v) is 3.45. The van der Waals surface area contributed by atoms with Crippen LogP contribution in [-0.4, -0.2) is 0 Å². The molecular formula is C11H11ClF. The highest BCUT2D eigenvalue weighted by molar-refractivity contribution is 6.30. The predicted molar refractivity (Wildman–Crippen MR) is 54.2 cm³/mol. The lowest BCUT2D eigenvalue weighted by molar-refractivity contribution is 0.628. The first-order valence-corrected chi connectivity index (χ1v) is 4.40. The van der Waals surface area contributed by atoms with Crippen LogP contribution in [0.4, 0.5) is 4.39 Å². The first-order chi connectivity index (χ1) is 6.09. The van der Waals surface area contributed by atoms with Crippen molar-refractivity contribution in [3.63, 3.8) is 0 Å². The molecule has 0 atom stereocenters. The van der Waals surface area contributed by atoms with Crippen molar-refractivity contribution < 1.29 is 4.39 Å². The van der Waals surface area contributed by atoms with E-state index in [4.69, 9.17) is 11.6 Å². The third-order valence-electron chi connectivity index (χ3n) is 1.63. The molecule has 0 spiro atoms. The summed E-state index contributed by atoms with van der Waals surface area (Å²) in [5.41, 5.74) is 2.00. The average molecular weight is 198 g/mol. The van der Waals surface area contributed by atoms with Gasteiger partial charge in [0.1, 0.15) is 5.82 Å². The third kappa shape index (κ3) is 3.19. The van der Waals surface area contributed by atoms with E-state index in [1.165, 1.54) is 6.07 Å². The summed E-state index contributed by atoms with van der Waals surface area (Å²) in [4.78, 5) is 0. The van der Waals surface area contributed by atoms with E-state index in [0.29, 0.717) is 0 Å². The SMILES string of the molecule is C=C(C)C[CH]c1ccc(F)c(Cl)c1. The van der Waals surface area contributed by atoms with E-state index in [1.54, 1.807) is 12.1 Å². The number of rotatable bonds is 3. The van der Waals surface area contributed by atoms with Crippen molar-refractivity contribution in [2.45, 2.75) is 13.3 Å². The van der Waals surface area contributed by atoms with Gasteiger partial charge in [0.05, 0.1) is 5.02 Å². The highest BCUT2D eigenvalue weighted by atomic mass is 35.5. The number of allylic oxidation sites excluding steroid dienone is 1. The molecule has 1 radical (unpaired) electrons. The summed E-state index contributed by atoms with van der Waals surface area (Å²) in [5.74, 6) is -0.380. The van der Waals surface area contributed by atoms with E-state index in [1.807, 2.05) is 13.3 Å². The first kappa shape index (κ1) is 10.3. The van der Waals surface area contributed by atoms with Crippen LogP contribution in [0.25, 0.3) is 0 Å². The van der Waals surface area contributed by atoms with E-state index in [2.05, 4.69) is 6.58 Å². The molecule has 2 heteroatoms. The van der Waals surface area contributed by atoms with Gasteiger partial charge in [0.2, 0.25) is 0 Å². The maximum Gasteiger partial charge on any atom is 0.141 e. The molecule has 1 aromatic carbocycles. The second-order valence-electron chi connectivity index (χ2n) is 3.04. The summed E-state index contributed by atoms with van der Waals surface area (Å²) >= 11 is 5.61. The zero-order valence-corrected chi connectivity index (χ0v) is 8.24. The fraction of sp³-hybridized carbons (Fsp3) is 0.182. The van der Waals surface area contributed by atoms with Crippen molar-refractivity contribution in [2.24, 2.45) is 0 Å². The minimum Gasteiger partial charge on any atom is -0.205 e. The van der Waals surface area contributed by atoms with Crippen LogP contribution in [0.2, 0.25) is 5.02 Å². The molecule has 0 nitrogen and oxygen atoms in total. The Hall–Kier alpha value is -0.820. The van der Waals surface area contributed by atoms with Crippen molar-refractivity contribution >= 4 is 11.6 Å². The monoisotopic (exact) mass is 197 g/mol. The lowest BCUT2D eigenvalue weighted by atomic mass is 10.1. The van der Waals surface area contributed by atoms with Crippen LogP contribution < -0.4 is 0 Å². The number of benzene rings is 1. The van der Waals surface area contributed by atoms with Crippen LogP contribution in [0, 0.1) is 12.2 Å². The van der Waals surface area contributed by atoms with E-state index in [9.17, 15) is 4.39 Å². The predicted octanol–water partition coefficient (Wildman–Crippen LogP) is 4.00. The maximum atomic E-state index is 12.7. The summed E-state index contributed by atoms with van der Waals surface area (Å²) in [6.07, 6.45) is 2.76. The van der Waals surface area contributed by atoms with Crippen molar-refractivity contribution in [3.05, 3.63) is 53.2 Å². The molecule has 0 aliphatic rings. The smallest absolute Gasteiger partial charge is 0.141 e. The van der Waals surface area contributed by atoms with Crippen LogP contribution in [0.1, 0.15) is 18.9 Å². The van der Waals surface area contributed by atoms with E-state index >= 15 is 0 Å². The molecule has 0 N–H and O–H groups in total. The standard InChI is InChI=1S/C11H11ClF/c1-8(2)3-4-9-5-6-11(13)10(12)7-9/h4-7H,1,3H2,2H3. The van der Waals surface area contributed by atoms with Gasteiger partial charge in [0.25, 0.3) is 0 Å². The topological polar surface area (TPSA) is 0 Å². The minimum absolute atomic E-state index is 0.162. The fourth-order valence-corrected chi connectivity index (χ4v) is 1.12. The Balaban J connectivity index is 2.68. The minimum atomic E-state index is -0.380. The lowest BCUT2D eigenvalue weighted by Gasteiger charge is -2.01. The van der Waals surface area contributed by atoms with Gasteiger partial charge in [-0.25, -0.2) is 4.39 Å². The van der Waals surface area contributed by atoms with Gasteiger partial charge < -0.3 is 0 Å². The van der Waals surface area contributed by atoms with Gasteiger partial charge in [-0.2, -0.15) is 0 Å². The molecule has 0 saturated heterocycles. The molecule has 0 amide bonds.